The molecule has 0 spiro atoms. The van der Waals surface area contributed by atoms with Crippen molar-refractivity contribution in [1.82, 2.24) is 29.8 Å². The molecule has 0 radical (unpaired) electrons. The van der Waals surface area contributed by atoms with Crippen molar-refractivity contribution in [2.75, 3.05) is 5.32 Å². The maximum absolute atomic E-state index is 12.9. The van der Waals surface area contributed by atoms with Crippen LogP contribution in [0.25, 0.3) is 11.2 Å². The molecule has 3 aromatic rings. The van der Waals surface area contributed by atoms with Gasteiger partial charge in [-0.1, -0.05) is 0 Å². The summed E-state index contributed by atoms with van der Waals surface area (Å²) < 4.78 is 1.47. The highest BCUT2D eigenvalue weighted by atomic mass is 16.2. The summed E-state index contributed by atoms with van der Waals surface area (Å²) in [6, 6.07) is 1.65. The smallest absolute Gasteiger partial charge is 0.276 e. The molecule has 24 heavy (non-hydrogen) atoms. The Bertz CT molecular complexity index is 1050. The third-order valence-electron chi connectivity index (χ3n) is 4.06. The summed E-state index contributed by atoms with van der Waals surface area (Å²) in [5.74, 6) is 0.172. The van der Waals surface area contributed by atoms with Crippen LogP contribution in [0.3, 0.4) is 0 Å². The molecule has 0 bridgehead atoms. The number of H-pyrrole nitrogens is 1. The summed E-state index contributed by atoms with van der Waals surface area (Å²) in [5, 5.41) is 5.83. The number of hydrogen-bond donors (Lipinski definition) is 3. The topological polar surface area (TPSA) is 118 Å². The number of aromatic amines is 1. The number of nitrogens with one attached hydrogen (secondary N) is 3. The first-order valence-electron chi connectivity index (χ1n) is 7.39. The molecular formula is C15H15N7O2. The quantitative estimate of drug-likeness (QED) is 0.647. The Hall–Kier alpha value is -3.23. The zero-order chi connectivity index (χ0) is 17.1. The third-order valence-corrected chi connectivity index (χ3v) is 4.06. The second-order valence-electron chi connectivity index (χ2n) is 6.19. The molecule has 9 heteroatoms. The minimum Gasteiger partial charge on any atom is -0.334 e. The lowest BCUT2D eigenvalue weighted by Gasteiger charge is -2.22. The Kier molecular flexibility index (Phi) is 2.77. The van der Waals surface area contributed by atoms with Crippen LogP contribution >= 0.6 is 0 Å². The van der Waals surface area contributed by atoms with Crippen molar-refractivity contribution in [2.45, 2.75) is 26.4 Å². The first-order valence-corrected chi connectivity index (χ1v) is 7.39. The van der Waals surface area contributed by atoms with Crippen molar-refractivity contribution in [3.05, 3.63) is 40.3 Å². The van der Waals surface area contributed by atoms with Crippen LogP contribution in [0.15, 0.2) is 23.5 Å². The average Bonchev–Trinajstić information content (AvgIpc) is 3.07. The van der Waals surface area contributed by atoms with E-state index in [1.165, 1.54) is 17.2 Å². The molecule has 0 saturated carbocycles. The fourth-order valence-corrected chi connectivity index (χ4v) is 3.03. The van der Waals surface area contributed by atoms with Gasteiger partial charge in [0.2, 0.25) is 0 Å². The Morgan fingerprint density at radius 3 is 2.79 bits per heavy atom. The molecule has 0 atom stereocenters. The number of fused-ring (bicyclic) bond motifs is 2. The van der Waals surface area contributed by atoms with Crippen molar-refractivity contribution in [1.29, 1.82) is 0 Å². The molecule has 0 aliphatic carbocycles. The van der Waals surface area contributed by atoms with E-state index in [1.54, 1.807) is 26.8 Å². The van der Waals surface area contributed by atoms with Crippen LogP contribution in [0.1, 0.15) is 29.9 Å². The molecule has 9 nitrogen and oxygen atoms in total. The number of nitrogens with zero attached hydrogens (tertiary/aromatic N) is 4. The van der Waals surface area contributed by atoms with Crippen LogP contribution in [0, 0.1) is 6.92 Å². The van der Waals surface area contributed by atoms with Gasteiger partial charge in [0.25, 0.3) is 11.5 Å². The molecule has 3 N–H and O–H groups in total. The van der Waals surface area contributed by atoms with Crippen LogP contribution in [0.2, 0.25) is 0 Å². The van der Waals surface area contributed by atoms with E-state index in [2.05, 4.69) is 30.6 Å². The van der Waals surface area contributed by atoms with E-state index in [0.717, 1.165) is 0 Å². The fraction of sp³-hybridized carbons (Fsp3) is 0.267. The van der Waals surface area contributed by atoms with Crippen LogP contribution in [-0.2, 0) is 5.66 Å². The fourth-order valence-electron chi connectivity index (χ4n) is 3.03. The summed E-state index contributed by atoms with van der Waals surface area (Å²) in [6.45, 7) is 5.35. The van der Waals surface area contributed by atoms with E-state index in [4.69, 9.17) is 0 Å². The Labute approximate surface area is 136 Å². The summed E-state index contributed by atoms with van der Waals surface area (Å²) in [6.07, 6.45) is 2.90. The zero-order valence-electron chi connectivity index (χ0n) is 13.3. The SMILES string of the molecule is Cc1cc(Nc2ncnc3[nH]cnc23)c(=O)n2c1C(=O)NC2(C)C. The predicted molar refractivity (Wildman–Crippen MR) is 87.2 cm³/mol. The molecule has 1 aliphatic rings. The number of aryl methyl sites for hydroxylation is 1. The molecule has 0 saturated heterocycles. The average molecular weight is 325 g/mol. The number of rotatable bonds is 2. The lowest BCUT2D eigenvalue weighted by molar-refractivity contribution is 0.0934. The summed E-state index contributed by atoms with van der Waals surface area (Å²) in [7, 11) is 0. The second-order valence-corrected chi connectivity index (χ2v) is 6.19. The number of pyridine rings is 1. The Balaban J connectivity index is 1.89. The predicted octanol–water partition coefficient (Wildman–Crippen LogP) is 1.00. The first-order chi connectivity index (χ1) is 11.4. The zero-order valence-corrected chi connectivity index (χ0v) is 13.3. The van der Waals surface area contributed by atoms with Gasteiger partial charge in [0, 0.05) is 0 Å². The normalized spacial score (nSPS) is 15.4. The number of amides is 1. The highest BCUT2D eigenvalue weighted by molar-refractivity contribution is 5.97. The largest absolute Gasteiger partial charge is 0.334 e. The molecule has 122 valence electrons. The Morgan fingerprint density at radius 1 is 1.21 bits per heavy atom. The van der Waals surface area contributed by atoms with Crippen LogP contribution in [-0.4, -0.2) is 30.4 Å². The number of aromatic nitrogens is 5. The van der Waals surface area contributed by atoms with Gasteiger partial charge in [0.15, 0.2) is 17.0 Å². The highest BCUT2D eigenvalue weighted by Gasteiger charge is 2.37. The van der Waals surface area contributed by atoms with E-state index >= 15 is 0 Å². The van der Waals surface area contributed by atoms with Crippen molar-refractivity contribution in [3.8, 4) is 0 Å². The van der Waals surface area contributed by atoms with E-state index in [0.29, 0.717) is 33.9 Å². The Morgan fingerprint density at radius 2 is 2.00 bits per heavy atom. The molecule has 1 amide bonds. The van der Waals surface area contributed by atoms with Gasteiger partial charge in [0.05, 0.1) is 6.33 Å². The van der Waals surface area contributed by atoms with Crippen molar-refractivity contribution in [3.63, 3.8) is 0 Å². The van der Waals surface area contributed by atoms with E-state index in [1.807, 2.05) is 0 Å². The molecule has 4 heterocycles. The molecule has 3 aromatic heterocycles. The number of hydrogen-bond acceptors (Lipinski definition) is 6. The molecule has 4 rings (SSSR count). The van der Waals surface area contributed by atoms with Crippen LogP contribution in [0.4, 0.5) is 11.5 Å². The van der Waals surface area contributed by atoms with E-state index < -0.39 is 5.66 Å². The van der Waals surface area contributed by atoms with Gasteiger partial charge in [-0.25, -0.2) is 15.0 Å². The number of carbonyl (C=O) groups excluding carboxylic acids is 1. The van der Waals surface area contributed by atoms with Gasteiger partial charge >= 0.3 is 0 Å². The maximum Gasteiger partial charge on any atom is 0.276 e. The molecule has 1 aliphatic heterocycles. The number of carbonyl (C=O) groups is 1. The monoisotopic (exact) mass is 325 g/mol. The molecule has 0 aromatic carbocycles. The van der Waals surface area contributed by atoms with Crippen LogP contribution < -0.4 is 16.2 Å². The summed E-state index contributed by atoms with van der Waals surface area (Å²) >= 11 is 0. The van der Waals surface area contributed by atoms with Crippen molar-refractivity contribution < 1.29 is 4.79 Å². The van der Waals surface area contributed by atoms with Crippen molar-refractivity contribution >= 4 is 28.6 Å². The minimum atomic E-state index is -0.792. The van der Waals surface area contributed by atoms with Gasteiger partial charge < -0.3 is 15.6 Å². The molecule has 0 unspecified atom stereocenters. The van der Waals surface area contributed by atoms with Crippen molar-refractivity contribution in [2.24, 2.45) is 0 Å². The van der Waals surface area contributed by atoms with Crippen LogP contribution in [0.5, 0.6) is 0 Å². The lowest BCUT2D eigenvalue weighted by Crippen LogP contribution is -2.42. The third kappa shape index (κ3) is 1.91. The summed E-state index contributed by atoms with van der Waals surface area (Å²) in [5.41, 5.74) is 1.41. The second kappa shape index (κ2) is 4.63. The van der Waals surface area contributed by atoms with Gasteiger partial charge in [-0.15, -0.1) is 0 Å². The van der Waals surface area contributed by atoms with E-state index in [9.17, 15) is 9.59 Å². The van der Waals surface area contributed by atoms with Gasteiger partial charge in [0.1, 0.15) is 23.4 Å². The number of imidazole rings is 1. The first kappa shape index (κ1) is 14.4. The highest BCUT2D eigenvalue weighted by Crippen LogP contribution is 2.26. The minimum absolute atomic E-state index is 0.252. The van der Waals surface area contributed by atoms with E-state index in [-0.39, 0.29) is 11.5 Å². The van der Waals surface area contributed by atoms with Gasteiger partial charge in [-0.3, -0.25) is 14.2 Å². The lowest BCUT2D eigenvalue weighted by atomic mass is 10.1. The molecule has 0 fully saturated rings. The standard InChI is InChI=1S/C15H15N7O2/c1-7-4-8(14(24)22-10(7)13(23)21-15(22,2)3)20-12-9-11(17-5-16-9)18-6-19-12/h4-6H,1-3H3,(H,21,23)(H2,16,17,18,19,20). The summed E-state index contributed by atoms with van der Waals surface area (Å²) in [4.78, 5) is 40.3. The maximum atomic E-state index is 12.9. The van der Waals surface area contributed by atoms with Gasteiger partial charge in [-0.2, -0.15) is 0 Å². The molecular weight excluding hydrogens is 310 g/mol. The van der Waals surface area contributed by atoms with Gasteiger partial charge in [-0.05, 0) is 32.4 Å². The number of anilines is 2.